The number of hydrogen-bond acceptors (Lipinski definition) is 7. The van der Waals surface area contributed by atoms with Gasteiger partial charge in [-0.1, -0.05) is 39.8 Å². The Morgan fingerprint density at radius 2 is 2.05 bits per heavy atom. The van der Waals surface area contributed by atoms with Gasteiger partial charge in [-0.25, -0.2) is 4.68 Å². The van der Waals surface area contributed by atoms with Crippen molar-refractivity contribution in [2.75, 3.05) is 5.84 Å². The maximum Gasteiger partial charge on any atom is 0.226 e. The first-order valence-electron chi connectivity index (χ1n) is 6.02. The van der Waals surface area contributed by atoms with E-state index in [0.29, 0.717) is 28.5 Å². The van der Waals surface area contributed by atoms with Gasteiger partial charge in [-0.15, -0.1) is 20.4 Å². The molecule has 0 radical (unpaired) electrons. The molecule has 3 aromatic rings. The molecule has 0 atom stereocenters. The van der Waals surface area contributed by atoms with Gasteiger partial charge < -0.3 is 10.3 Å². The molecule has 0 aliphatic rings. The molecule has 7 nitrogen and oxygen atoms in total. The fourth-order valence-electron chi connectivity index (χ4n) is 1.72. The largest absolute Gasteiger partial charge is 0.425 e. The molecular formula is C12H11BrN6OS. The summed E-state index contributed by atoms with van der Waals surface area (Å²) in [5.74, 6) is 8.21. The van der Waals surface area contributed by atoms with Gasteiger partial charge in [-0.2, -0.15) is 0 Å². The highest BCUT2D eigenvalue weighted by molar-refractivity contribution is 9.10. The molecule has 0 unspecified atom stereocenters. The summed E-state index contributed by atoms with van der Waals surface area (Å²) in [4.78, 5) is 0. The average Bonchev–Trinajstić information content (AvgIpc) is 3.04. The summed E-state index contributed by atoms with van der Waals surface area (Å²) in [6, 6.07) is 7.70. The van der Waals surface area contributed by atoms with E-state index in [-0.39, 0.29) is 0 Å². The summed E-state index contributed by atoms with van der Waals surface area (Å²) in [7, 11) is 0. The van der Waals surface area contributed by atoms with Gasteiger partial charge in [0.05, 0.1) is 5.75 Å². The van der Waals surface area contributed by atoms with Crippen LogP contribution in [0.4, 0.5) is 0 Å². The van der Waals surface area contributed by atoms with Crippen molar-refractivity contribution in [2.24, 2.45) is 0 Å². The lowest BCUT2D eigenvalue weighted by Gasteiger charge is -2.04. The molecule has 3 rings (SSSR count). The molecule has 0 aliphatic carbocycles. The van der Waals surface area contributed by atoms with Crippen LogP contribution in [0.15, 0.2) is 38.3 Å². The highest BCUT2D eigenvalue weighted by atomic mass is 79.9. The molecule has 2 heterocycles. The van der Waals surface area contributed by atoms with E-state index in [1.165, 1.54) is 16.4 Å². The molecule has 0 saturated heterocycles. The molecule has 0 bridgehead atoms. The van der Waals surface area contributed by atoms with E-state index in [9.17, 15) is 0 Å². The van der Waals surface area contributed by atoms with Crippen molar-refractivity contribution in [3.05, 3.63) is 40.5 Å². The fourth-order valence-corrected chi connectivity index (χ4v) is 2.88. The molecule has 0 aliphatic heterocycles. The Kier molecular flexibility index (Phi) is 3.93. The van der Waals surface area contributed by atoms with E-state index in [4.69, 9.17) is 10.3 Å². The maximum absolute atomic E-state index is 6.06. The first-order valence-corrected chi connectivity index (χ1v) is 7.80. The zero-order valence-corrected chi connectivity index (χ0v) is 13.4. The molecule has 9 heteroatoms. The van der Waals surface area contributed by atoms with Gasteiger partial charge in [-0.3, -0.25) is 0 Å². The number of nitrogens with zero attached hydrogens (tertiary/aromatic N) is 5. The SMILES string of the molecule is Cc1nnc(CSc2nnc(-c3ccccc3Br)n2N)o1. The minimum absolute atomic E-state index is 0.492. The lowest BCUT2D eigenvalue weighted by Crippen LogP contribution is -2.11. The maximum atomic E-state index is 6.06. The molecule has 0 amide bonds. The van der Waals surface area contributed by atoms with Crippen molar-refractivity contribution in [3.63, 3.8) is 0 Å². The molecule has 108 valence electrons. The van der Waals surface area contributed by atoms with Crippen molar-refractivity contribution in [1.29, 1.82) is 0 Å². The number of hydrogen-bond donors (Lipinski definition) is 1. The Morgan fingerprint density at radius 3 is 2.76 bits per heavy atom. The highest BCUT2D eigenvalue weighted by Crippen LogP contribution is 2.28. The van der Waals surface area contributed by atoms with Crippen LogP contribution in [0, 0.1) is 6.92 Å². The third-order valence-electron chi connectivity index (χ3n) is 2.67. The number of aryl methyl sites for hydroxylation is 1. The zero-order chi connectivity index (χ0) is 14.8. The lowest BCUT2D eigenvalue weighted by atomic mass is 10.2. The average molecular weight is 367 g/mol. The number of halogens is 1. The minimum atomic E-state index is 0.492. The van der Waals surface area contributed by atoms with Gasteiger partial charge in [0, 0.05) is 17.0 Å². The minimum Gasteiger partial charge on any atom is -0.425 e. The number of benzene rings is 1. The number of rotatable bonds is 4. The van der Waals surface area contributed by atoms with E-state index in [1.807, 2.05) is 24.3 Å². The van der Waals surface area contributed by atoms with Crippen LogP contribution < -0.4 is 5.84 Å². The van der Waals surface area contributed by atoms with Gasteiger partial charge in [0.15, 0.2) is 5.82 Å². The molecule has 0 saturated carbocycles. The summed E-state index contributed by atoms with van der Waals surface area (Å²) in [6.07, 6.45) is 0. The van der Waals surface area contributed by atoms with Crippen LogP contribution in [0.3, 0.4) is 0 Å². The van der Waals surface area contributed by atoms with Crippen molar-refractivity contribution in [2.45, 2.75) is 17.8 Å². The second-order valence-corrected chi connectivity index (χ2v) is 5.96. The monoisotopic (exact) mass is 366 g/mol. The molecule has 2 N–H and O–H groups in total. The third kappa shape index (κ3) is 2.93. The van der Waals surface area contributed by atoms with Crippen LogP contribution in [0.5, 0.6) is 0 Å². The predicted octanol–water partition coefficient (Wildman–Crippen LogP) is 2.41. The van der Waals surface area contributed by atoms with E-state index < -0.39 is 0 Å². The summed E-state index contributed by atoms with van der Waals surface area (Å²) >= 11 is 4.87. The Labute approximate surface area is 133 Å². The van der Waals surface area contributed by atoms with Gasteiger partial charge in [-0.05, 0) is 12.1 Å². The second-order valence-electron chi connectivity index (χ2n) is 4.16. The van der Waals surface area contributed by atoms with E-state index in [0.717, 1.165) is 10.0 Å². The van der Waals surface area contributed by atoms with E-state index in [2.05, 4.69) is 36.3 Å². The molecule has 21 heavy (non-hydrogen) atoms. The summed E-state index contributed by atoms with van der Waals surface area (Å²) < 4.78 is 7.67. The fraction of sp³-hybridized carbons (Fsp3) is 0.167. The van der Waals surface area contributed by atoms with Crippen molar-refractivity contribution in [3.8, 4) is 11.4 Å². The summed E-state index contributed by atoms with van der Waals surface area (Å²) in [5, 5.41) is 16.5. The molecule has 1 aromatic carbocycles. The number of nitrogens with two attached hydrogens (primary N) is 1. The highest BCUT2D eigenvalue weighted by Gasteiger charge is 2.15. The van der Waals surface area contributed by atoms with Gasteiger partial charge in [0.2, 0.25) is 16.9 Å². The Balaban J connectivity index is 1.81. The van der Waals surface area contributed by atoms with Crippen molar-refractivity contribution < 1.29 is 4.42 Å². The molecule has 0 fully saturated rings. The van der Waals surface area contributed by atoms with Crippen molar-refractivity contribution in [1.82, 2.24) is 25.1 Å². The Hall–Kier alpha value is -1.87. The van der Waals surface area contributed by atoms with Crippen LogP contribution >= 0.6 is 27.7 Å². The molecular weight excluding hydrogens is 356 g/mol. The van der Waals surface area contributed by atoms with Gasteiger partial charge >= 0.3 is 0 Å². The lowest BCUT2D eigenvalue weighted by molar-refractivity contribution is 0.485. The van der Waals surface area contributed by atoms with E-state index >= 15 is 0 Å². The van der Waals surface area contributed by atoms with Gasteiger partial charge in [0.1, 0.15) is 0 Å². The summed E-state index contributed by atoms with van der Waals surface area (Å²) in [5.41, 5.74) is 0.882. The standard InChI is InChI=1S/C12H11BrN6OS/c1-7-15-16-10(20-7)6-21-12-18-17-11(19(12)14)8-4-2-3-5-9(8)13/h2-5H,6,14H2,1H3. The van der Waals surface area contributed by atoms with Crippen molar-refractivity contribution >= 4 is 27.7 Å². The van der Waals surface area contributed by atoms with E-state index in [1.54, 1.807) is 6.92 Å². The normalized spacial score (nSPS) is 11.0. The Morgan fingerprint density at radius 1 is 1.24 bits per heavy atom. The molecule has 2 aromatic heterocycles. The number of thioether (sulfide) groups is 1. The smallest absolute Gasteiger partial charge is 0.226 e. The third-order valence-corrected chi connectivity index (χ3v) is 4.29. The second kappa shape index (κ2) is 5.86. The number of aromatic nitrogens is 5. The zero-order valence-electron chi connectivity index (χ0n) is 11.0. The first kappa shape index (κ1) is 14.1. The van der Waals surface area contributed by atoms with Crippen LogP contribution in [0.2, 0.25) is 0 Å². The molecule has 0 spiro atoms. The number of nitrogen functional groups attached to an aromatic ring is 1. The van der Waals surface area contributed by atoms with Crippen LogP contribution in [0.25, 0.3) is 11.4 Å². The topological polar surface area (TPSA) is 95.7 Å². The summed E-state index contributed by atoms with van der Waals surface area (Å²) in [6.45, 7) is 1.75. The quantitative estimate of drug-likeness (QED) is 0.559. The Bertz CT molecular complexity index is 771. The van der Waals surface area contributed by atoms with Crippen LogP contribution in [0.1, 0.15) is 11.8 Å². The van der Waals surface area contributed by atoms with Gasteiger partial charge in [0.25, 0.3) is 0 Å². The first-order chi connectivity index (χ1) is 10.1. The predicted molar refractivity (Wildman–Crippen MR) is 81.9 cm³/mol. The van der Waals surface area contributed by atoms with Crippen LogP contribution in [-0.4, -0.2) is 25.1 Å². The van der Waals surface area contributed by atoms with Crippen LogP contribution in [-0.2, 0) is 5.75 Å².